The molecule has 0 bridgehead atoms. The van der Waals surface area contributed by atoms with Crippen LogP contribution < -0.4 is 0 Å². The van der Waals surface area contributed by atoms with Crippen LogP contribution in [0.3, 0.4) is 0 Å². The molecule has 1 rings (SSSR count). The number of hydrogen-bond acceptors (Lipinski definition) is 1. The molecule has 0 amide bonds. The van der Waals surface area contributed by atoms with Gasteiger partial charge in [-0.2, -0.15) is 0 Å². The summed E-state index contributed by atoms with van der Waals surface area (Å²) < 4.78 is 5.81. The lowest BCUT2D eigenvalue weighted by atomic mass is 9.92. The molecule has 0 fully saturated rings. The maximum atomic E-state index is 5.81. The highest BCUT2D eigenvalue weighted by Crippen LogP contribution is 2.31. The van der Waals surface area contributed by atoms with E-state index >= 15 is 0 Å². The fourth-order valence-corrected chi connectivity index (χ4v) is 3.62. The van der Waals surface area contributed by atoms with Gasteiger partial charge in [0, 0.05) is 11.6 Å². The van der Waals surface area contributed by atoms with E-state index in [1.54, 1.807) is 0 Å². The topological polar surface area (TPSA) is 9.23 Å². The highest BCUT2D eigenvalue weighted by atomic mass is 28.2. The Hall–Kier alpha value is -0.863. The normalized spacial score (nSPS) is 12.2. The van der Waals surface area contributed by atoms with Gasteiger partial charge in [-0.3, -0.25) is 0 Å². The Morgan fingerprint density at radius 3 is 2.18 bits per heavy atom. The molecule has 0 radical (unpaired) electrons. The van der Waals surface area contributed by atoms with Crippen LogP contribution in [0.1, 0.15) is 44.7 Å². The zero-order chi connectivity index (χ0) is 12.7. The minimum Gasteiger partial charge on any atom is -0.423 e. The van der Waals surface area contributed by atoms with Crippen molar-refractivity contribution in [2.45, 2.75) is 38.7 Å². The van der Waals surface area contributed by atoms with Crippen LogP contribution in [0.5, 0.6) is 0 Å². The Labute approximate surface area is 108 Å². The Morgan fingerprint density at radius 2 is 1.76 bits per heavy atom. The van der Waals surface area contributed by atoms with Crippen LogP contribution in [-0.2, 0) is 9.46 Å². The lowest BCUT2D eigenvalue weighted by Crippen LogP contribution is -2.33. The number of rotatable bonds is 7. The van der Waals surface area contributed by atoms with Crippen LogP contribution in [0.15, 0.2) is 30.8 Å². The van der Waals surface area contributed by atoms with E-state index in [-0.39, 0.29) is 0 Å². The largest absolute Gasteiger partial charge is 0.423 e. The number of hydrogen-bond donors (Lipinski definition) is 0. The van der Waals surface area contributed by atoms with Crippen LogP contribution in [-0.4, -0.2) is 16.4 Å². The van der Waals surface area contributed by atoms with Crippen molar-refractivity contribution in [2.75, 3.05) is 6.61 Å². The van der Waals surface area contributed by atoms with Gasteiger partial charge in [0.2, 0.25) is 0 Å². The van der Waals surface area contributed by atoms with Gasteiger partial charge in [-0.15, -0.1) is 0 Å². The minimum atomic E-state index is -0.524. The first kappa shape index (κ1) is 14.2. The van der Waals surface area contributed by atoms with Gasteiger partial charge < -0.3 is 4.43 Å². The maximum Gasteiger partial charge on any atom is 0.171 e. The van der Waals surface area contributed by atoms with E-state index in [1.165, 1.54) is 24.0 Å². The van der Waals surface area contributed by atoms with Crippen molar-refractivity contribution < 1.29 is 4.43 Å². The van der Waals surface area contributed by atoms with Crippen molar-refractivity contribution in [2.24, 2.45) is 0 Å². The summed E-state index contributed by atoms with van der Waals surface area (Å²) in [6.45, 7) is 11.3. The van der Waals surface area contributed by atoms with Gasteiger partial charge in [0.15, 0.2) is 9.76 Å². The molecule has 0 heterocycles. The summed E-state index contributed by atoms with van der Waals surface area (Å²) >= 11 is 0. The lowest BCUT2D eigenvalue weighted by molar-refractivity contribution is 0.328. The summed E-state index contributed by atoms with van der Waals surface area (Å²) in [5.74, 6) is 0. The van der Waals surface area contributed by atoms with E-state index in [4.69, 9.17) is 4.43 Å². The van der Waals surface area contributed by atoms with Crippen molar-refractivity contribution in [3.63, 3.8) is 0 Å². The summed E-state index contributed by atoms with van der Waals surface area (Å²) in [6, 6.07) is 8.80. The molecule has 0 saturated heterocycles. The monoisotopic (exact) mass is 248 g/mol. The van der Waals surface area contributed by atoms with Crippen molar-refractivity contribution in [1.82, 2.24) is 0 Å². The van der Waals surface area contributed by atoms with E-state index in [2.05, 4.69) is 51.6 Å². The summed E-state index contributed by atoms with van der Waals surface area (Å²) in [6.07, 6.45) is 4.23. The second-order valence-corrected chi connectivity index (χ2v) is 6.50. The van der Waals surface area contributed by atoms with Gasteiger partial charge in [0.25, 0.3) is 0 Å². The molecule has 2 heteroatoms. The molecular weight excluding hydrogens is 224 g/mol. The van der Waals surface area contributed by atoms with E-state index in [9.17, 15) is 0 Å². The fourth-order valence-electron chi connectivity index (χ4n) is 2.22. The van der Waals surface area contributed by atoms with Crippen LogP contribution >= 0.6 is 0 Å². The summed E-state index contributed by atoms with van der Waals surface area (Å²) in [7, 11) is -0.524. The second kappa shape index (κ2) is 6.77. The summed E-state index contributed by atoms with van der Waals surface area (Å²) in [5, 5.41) is 0.301. The van der Waals surface area contributed by atoms with E-state index in [0.717, 1.165) is 6.61 Å². The standard InChI is InChI=1S/C15H24OSi/c1-5-13-9-11-14(12-10-13)15(6-2,7-3)17-16-8-4/h5,9-12H,1,6-8,17H2,2-4H3. The Morgan fingerprint density at radius 1 is 1.18 bits per heavy atom. The minimum absolute atomic E-state index is 0.301. The second-order valence-electron chi connectivity index (χ2n) is 4.45. The molecule has 1 aromatic rings. The molecule has 0 aliphatic heterocycles. The molecule has 0 aliphatic rings. The van der Waals surface area contributed by atoms with Gasteiger partial charge >= 0.3 is 0 Å². The maximum absolute atomic E-state index is 5.81. The molecule has 0 saturated carbocycles. The van der Waals surface area contributed by atoms with Crippen LogP contribution in [0.2, 0.25) is 0 Å². The van der Waals surface area contributed by atoms with Gasteiger partial charge in [-0.05, 0) is 30.9 Å². The first-order chi connectivity index (χ1) is 8.22. The highest BCUT2D eigenvalue weighted by Gasteiger charge is 2.29. The van der Waals surface area contributed by atoms with Crippen molar-refractivity contribution in [3.8, 4) is 0 Å². The third-order valence-electron chi connectivity index (χ3n) is 3.69. The highest BCUT2D eigenvalue weighted by molar-refractivity contribution is 6.32. The molecule has 0 aliphatic carbocycles. The van der Waals surface area contributed by atoms with Gasteiger partial charge in [0.1, 0.15) is 0 Å². The average Bonchev–Trinajstić information content (AvgIpc) is 2.41. The lowest BCUT2D eigenvalue weighted by Gasteiger charge is -2.31. The molecule has 1 nitrogen and oxygen atoms in total. The zero-order valence-corrected chi connectivity index (χ0v) is 12.7. The van der Waals surface area contributed by atoms with Crippen LogP contribution in [0.25, 0.3) is 6.08 Å². The van der Waals surface area contributed by atoms with Crippen molar-refractivity contribution in [1.29, 1.82) is 0 Å². The molecule has 0 spiro atoms. The number of benzene rings is 1. The molecule has 0 N–H and O–H groups in total. The van der Waals surface area contributed by atoms with Crippen molar-refractivity contribution >= 4 is 15.8 Å². The predicted molar refractivity (Wildman–Crippen MR) is 79.0 cm³/mol. The fraction of sp³-hybridized carbons (Fsp3) is 0.467. The Balaban J connectivity index is 2.98. The Bertz CT molecular complexity index is 338. The SMILES string of the molecule is C=Cc1ccc(C(CC)(CC)[SiH2]OCC)cc1. The van der Waals surface area contributed by atoms with E-state index in [1.807, 2.05) is 6.08 Å². The molecule has 94 valence electrons. The van der Waals surface area contributed by atoms with Gasteiger partial charge in [-0.1, -0.05) is 50.8 Å². The quantitative estimate of drug-likeness (QED) is 0.671. The molecular formula is C15H24OSi. The molecule has 0 atom stereocenters. The Kier molecular flexibility index (Phi) is 5.66. The molecule has 17 heavy (non-hydrogen) atoms. The van der Waals surface area contributed by atoms with Gasteiger partial charge in [0.05, 0.1) is 0 Å². The van der Waals surface area contributed by atoms with Crippen LogP contribution in [0, 0.1) is 0 Å². The summed E-state index contributed by atoms with van der Waals surface area (Å²) in [4.78, 5) is 0. The first-order valence-electron chi connectivity index (χ1n) is 6.53. The van der Waals surface area contributed by atoms with Crippen LogP contribution in [0.4, 0.5) is 0 Å². The summed E-state index contributed by atoms with van der Waals surface area (Å²) in [5.41, 5.74) is 2.63. The van der Waals surface area contributed by atoms with E-state index in [0.29, 0.717) is 5.04 Å². The van der Waals surface area contributed by atoms with E-state index < -0.39 is 9.76 Å². The zero-order valence-electron chi connectivity index (χ0n) is 11.3. The third kappa shape index (κ3) is 3.30. The first-order valence-corrected chi connectivity index (χ1v) is 7.81. The smallest absolute Gasteiger partial charge is 0.171 e. The third-order valence-corrected chi connectivity index (χ3v) is 6.27. The average molecular weight is 248 g/mol. The predicted octanol–water partition coefficient (Wildman–Crippen LogP) is 3.47. The van der Waals surface area contributed by atoms with Crippen molar-refractivity contribution in [3.05, 3.63) is 42.0 Å². The molecule has 0 aromatic heterocycles. The molecule has 0 unspecified atom stereocenters. The molecule has 1 aromatic carbocycles. The van der Waals surface area contributed by atoms with Gasteiger partial charge in [-0.25, -0.2) is 0 Å².